The molecule has 1 amide bonds. The number of ether oxygens (including phenoxy) is 1. The Morgan fingerprint density at radius 3 is 2.94 bits per heavy atom. The summed E-state index contributed by atoms with van der Waals surface area (Å²) in [7, 11) is 0. The second-order valence-electron chi connectivity index (χ2n) is 4.10. The number of rotatable bonds is 2. The summed E-state index contributed by atoms with van der Waals surface area (Å²) in [4.78, 5) is 11.9. The number of amides is 1. The van der Waals surface area contributed by atoms with E-state index in [1.165, 1.54) is 12.1 Å². The van der Waals surface area contributed by atoms with Crippen molar-refractivity contribution in [3.63, 3.8) is 0 Å². The standard InChI is InChI=1S/C12H12FN3O2/c13-10-2-1-8(3-7(10)4-14)16-12(17)9-5-18-6-11(9)15/h1-3,9,11H,5-6,15H2,(H,16,17). The summed E-state index contributed by atoms with van der Waals surface area (Å²) in [5.74, 6) is -1.31. The lowest BCUT2D eigenvalue weighted by Gasteiger charge is -2.13. The number of hydrogen-bond acceptors (Lipinski definition) is 4. The fourth-order valence-corrected chi connectivity index (χ4v) is 1.76. The minimum absolute atomic E-state index is 0.111. The van der Waals surface area contributed by atoms with Crippen LogP contribution >= 0.6 is 0 Å². The fourth-order valence-electron chi connectivity index (χ4n) is 1.76. The van der Waals surface area contributed by atoms with Gasteiger partial charge in [0.15, 0.2) is 0 Å². The Balaban J connectivity index is 2.10. The van der Waals surface area contributed by atoms with Crippen LogP contribution in [0.2, 0.25) is 0 Å². The smallest absolute Gasteiger partial charge is 0.231 e. The lowest BCUT2D eigenvalue weighted by molar-refractivity contribution is -0.120. The molecule has 6 heteroatoms. The van der Waals surface area contributed by atoms with E-state index in [9.17, 15) is 9.18 Å². The molecule has 94 valence electrons. The molecule has 1 fully saturated rings. The van der Waals surface area contributed by atoms with Crippen molar-refractivity contribution in [3.05, 3.63) is 29.6 Å². The first kappa shape index (κ1) is 12.5. The van der Waals surface area contributed by atoms with Gasteiger partial charge < -0.3 is 15.8 Å². The zero-order valence-corrected chi connectivity index (χ0v) is 9.52. The second kappa shape index (κ2) is 5.12. The van der Waals surface area contributed by atoms with E-state index in [-0.39, 0.29) is 24.1 Å². The van der Waals surface area contributed by atoms with Gasteiger partial charge in [-0.2, -0.15) is 5.26 Å². The monoisotopic (exact) mass is 249 g/mol. The molecule has 5 nitrogen and oxygen atoms in total. The molecule has 3 N–H and O–H groups in total. The number of anilines is 1. The van der Waals surface area contributed by atoms with E-state index in [1.807, 2.05) is 0 Å². The summed E-state index contributed by atoms with van der Waals surface area (Å²) in [6, 6.07) is 5.20. The van der Waals surface area contributed by atoms with Gasteiger partial charge in [0.25, 0.3) is 0 Å². The Morgan fingerprint density at radius 1 is 1.56 bits per heavy atom. The molecular weight excluding hydrogens is 237 g/mol. The van der Waals surface area contributed by atoms with Gasteiger partial charge in [0.2, 0.25) is 5.91 Å². The van der Waals surface area contributed by atoms with Crippen molar-refractivity contribution in [2.24, 2.45) is 11.7 Å². The molecule has 1 aliphatic rings. The van der Waals surface area contributed by atoms with Crippen molar-refractivity contribution >= 4 is 11.6 Å². The van der Waals surface area contributed by atoms with E-state index in [1.54, 1.807) is 6.07 Å². The zero-order chi connectivity index (χ0) is 13.1. The van der Waals surface area contributed by atoms with Crippen LogP contribution in [0.5, 0.6) is 0 Å². The summed E-state index contributed by atoms with van der Waals surface area (Å²) < 4.78 is 18.2. The van der Waals surface area contributed by atoms with Gasteiger partial charge in [0.05, 0.1) is 24.7 Å². The van der Waals surface area contributed by atoms with Gasteiger partial charge in [-0.1, -0.05) is 0 Å². The van der Waals surface area contributed by atoms with E-state index >= 15 is 0 Å². The van der Waals surface area contributed by atoms with Crippen LogP contribution in [-0.2, 0) is 9.53 Å². The Bertz CT molecular complexity index is 513. The summed E-state index contributed by atoms with van der Waals surface area (Å²) in [6.07, 6.45) is 0. The number of nitrogens with two attached hydrogens (primary N) is 1. The first-order chi connectivity index (χ1) is 8.61. The molecule has 1 saturated heterocycles. The van der Waals surface area contributed by atoms with Crippen LogP contribution in [0.3, 0.4) is 0 Å². The lowest BCUT2D eigenvalue weighted by Crippen LogP contribution is -2.37. The third kappa shape index (κ3) is 2.47. The topological polar surface area (TPSA) is 88.1 Å². The number of nitrogens with zero attached hydrogens (tertiary/aromatic N) is 1. The van der Waals surface area contributed by atoms with Crippen LogP contribution in [0.15, 0.2) is 18.2 Å². The molecule has 0 spiro atoms. The third-order valence-electron chi connectivity index (χ3n) is 2.82. The average Bonchev–Trinajstić information content (AvgIpc) is 2.78. The van der Waals surface area contributed by atoms with Gasteiger partial charge in [0.1, 0.15) is 11.9 Å². The molecule has 1 heterocycles. The predicted molar refractivity (Wildman–Crippen MR) is 62.0 cm³/mol. The maximum absolute atomic E-state index is 13.1. The molecular formula is C12H12FN3O2. The Labute approximate surface area is 103 Å². The highest BCUT2D eigenvalue weighted by atomic mass is 19.1. The van der Waals surface area contributed by atoms with E-state index in [0.717, 1.165) is 6.07 Å². The maximum atomic E-state index is 13.1. The number of halogens is 1. The summed E-state index contributed by atoms with van der Waals surface area (Å²) >= 11 is 0. The van der Waals surface area contributed by atoms with Gasteiger partial charge in [-0.15, -0.1) is 0 Å². The number of hydrogen-bond donors (Lipinski definition) is 2. The normalized spacial score (nSPS) is 22.5. The van der Waals surface area contributed by atoms with Gasteiger partial charge in [-0.3, -0.25) is 4.79 Å². The highest BCUT2D eigenvalue weighted by Gasteiger charge is 2.31. The van der Waals surface area contributed by atoms with Crippen LogP contribution in [0.25, 0.3) is 0 Å². The molecule has 0 radical (unpaired) electrons. The Morgan fingerprint density at radius 2 is 2.33 bits per heavy atom. The lowest BCUT2D eigenvalue weighted by atomic mass is 10.0. The van der Waals surface area contributed by atoms with Crippen LogP contribution in [0.4, 0.5) is 10.1 Å². The maximum Gasteiger partial charge on any atom is 0.231 e. The van der Waals surface area contributed by atoms with E-state index in [2.05, 4.69) is 5.32 Å². The van der Waals surface area contributed by atoms with Gasteiger partial charge in [0, 0.05) is 11.7 Å². The van der Waals surface area contributed by atoms with Crippen molar-refractivity contribution in [2.75, 3.05) is 18.5 Å². The molecule has 0 saturated carbocycles. The van der Waals surface area contributed by atoms with Crippen molar-refractivity contribution in [3.8, 4) is 6.07 Å². The van der Waals surface area contributed by atoms with Crippen molar-refractivity contribution in [1.82, 2.24) is 0 Å². The molecule has 2 atom stereocenters. The predicted octanol–water partition coefficient (Wildman–Crippen LogP) is 0.610. The molecule has 1 aliphatic heterocycles. The van der Waals surface area contributed by atoms with E-state index < -0.39 is 11.7 Å². The number of benzene rings is 1. The summed E-state index contributed by atoms with van der Waals surface area (Å²) in [5, 5.41) is 11.3. The number of nitriles is 1. The van der Waals surface area contributed by atoms with Crippen molar-refractivity contribution in [2.45, 2.75) is 6.04 Å². The molecule has 2 unspecified atom stereocenters. The third-order valence-corrected chi connectivity index (χ3v) is 2.82. The Kier molecular flexibility index (Phi) is 3.55. The first-order valence-corrected chi connectivity index (χ1v) is 5.45. The molecule has 0 bridgehead atoms. The number of carbonyl (C=O) groups excluding carboxylic acids is 1. The van der Waals surface area contributed by atoms with Crippen molar-refractivity contribution in [1.29, 1.82) is 5.26 Å². The molecule has 0 aromatic heterocycles. The highest BCUT2D eigenvalue weighted by molar-refractivity contribution is 5.93. The number of carbonyl (C=O) groups is 1. The van der Waals surface area contributed by atoms with Gasteiger partial charge in [-0.05, 0) is 18.2 Å². The fraction of sp³-hybridized carbons (Fsp3) is 0.333. The van der Waals surface area contributed by atoms with Crippen LogP contribution in [0.1, 0.15) is 5.56 Å². The Hall–Kier alpha value is -1.97. The molecule has 18 heavy (non-hydrogen) atoms. The summed E-state index contributed by atoms with van der Waals surface area (Å²) in [6.45, 7) is 0.629. The molecule has 1 aromatic rings. The SMILES string of the molecule is N#Cc1cc(NC(=O)C2COCC2N)ccc1F. The largest absolute Gasteiger partial charge is 0.379 e. The van der Waals surface area contributed by atoms with Crippen molar-refractivity contribution < 1.29 is 13.9 Å². The molecule has 1 aromatic carbocycles. The first-order valence-electron chi connectivity index (χ1n) is 5.45. The zero-order valence-electron chi connectivity index (χ0n) is 9.52. The number of nitrogens with one attached hydrogen (secondary N) is 1. The van der Waals surface area contributed by atoms with E-state index in [4.69, 9.17) is 15.7 Å². The minimum atomic E-state index is -0.614. The molecule has 0 aliphatic carbocycles. The molecule has 2 rings (SSSR count). The summed E-state index contributed by atoms with van der Waals surface area (Å²) in [5.41, 5.74) is 5.98. The van der Waals surface area contributed by atoms with Gasteiger partial charge >= 0.3 is 0 Å². The minimum Gasteiger partial charge on any atom is -0.379 e. The van der Waals surface area contributed by atoms with E-state index in [0.29, 0.717) is 12.3 Å². The second-order valence-corrected chi connectivity index (χ2v) is 4.10. The van der Waals surface area contributed by atoms with Gasteiger partial charge in [-0.25, -0.2) is 4.39 Å². The highest BCUT2D eigenvalue weighted by Crippen LogP contribution is 2.17. The van der Waals surface area contributed by atoms with Crippen LogP contribution in [0, 0.1) is 23.1 Å². The van der Waals surface area contributed by atoms with Crippen LogP contribution < -0.4 is 11.1 Å². The average molecular weight is 249 g/mol. The quantitative estimate of drug-likeness (QED) is 0.803. The van der Waals surface area contributed by atoms with Crippen LogP contribution in [-0.4, -0.2) is 25.2 Å².